The molecule has 1 saturated heterocycles. The van der Waals surface area contributed by atoms with Crippen LogP contribution in [0.25, 0.3) is 11.0 Å². The van der Waals surface area contributed by atoms with Gasteiger partial charge in [-0.2, -0.15) is 0 Å². The molecule has 0 radical (unpaired) electrons. The lowest BCUT2D eigenvalue weighted by molar-refractivity contribution is 0.0629. The number of rotatable bonds is 5. The van der Waals surface area contributed by atoms with E-state index in [9.17, 15) is 14.4 Å². The molecule has 2 heterocycles. The molecule has 172 valence electrons. The first-order chi connectivity index (χ1) is 15.9. The van der Waals surface area contributed by atoms with E-state index >= 15 is 0 Å². The topological polar surface area (TPSA) is 92.1 Å². The molecule has 4 rings (SSSR count). The molecule has 0 bridgehead atoms. The number of nitrogens with one attached hydrogen (secondary N) is 1. The quantitative estimate of drug-likeness (QED) is 0.568. The number of hydrogen-bond donors (Lipinski definition) is 1. The first-order valence-corrected chi connectivity index (χ1v) is 11.1. The highest BCUT2D eigenvalue weighted by Gasteiger charge is 2.23. The van der Waals surface area contributed by atoms with Gasteiger partial charge in [0, 0.05) is 66.5 Å². The Morgan fingerprint density at radius 2 is 1.79 bits per heavy atom. The lowest BCUT2D eigenvalue weighted by Crippen LogP contribution is -2.48. The highest BCUT2D eigenvalue weighted by atomic mass is 35.5. The van der Waals surface area contributed by atoms with Crippen molar-refractivity contribution in [1.82, 2.24) is 9.80 Å². The predicted molar refractivity (Wildman–Crippen MR) is 126 cm³/mol. The molecule has 2 amide bonds. The Balaban J connectivity index is 1.43. The maximum absolute atomic E-state index is 12.7. The van der Waals surface area contributed by atoms with Crippen molar-refractivity contribution in [2.24, 2.45) is 0 Å². The van der Waals surface area contributed by atoms with Crippen LogP contribution in [0.1, 0.15) is 22.8 Å². The van der Waals surface area contributed by atoms with Crippen LogP contribution in [0.4, 0.5) is 10.5 Å². The second kappa shape index (κ2) is 10.1. The molecule has 1 fully saturated rings. The number of carbonyl (C=O) groups excluding carboxylic acids is 2. The van der Waals surface area contributed by atoms with Gasteiger partial charge in [-0.05, 0) is 48.9 Å². The van der Waals surface area contributed by atoms with Crippen molar-refractivity contribution in [3.05, 3.63) is 75.1 Å². The van der Waals surface area contributed by atoms with Crippen molar-refractivity contribution in [3.8, 4) is 0 Å². The van der Waals surface area contributed by atoms with Crippen molar-refractivity contribution in [1.29, 1.82) is 0 Å². The van der Waals surface area contributed by atoms with Crippen molar-refractivity contribution in [2.45, 2.75) is 13.5 Å². The summed E-state index contributed by atoms with van der Waals surface area (Å²) >= 11 is 5.91. The molecule has 0 unspecified atom stereocenters. The second-order valence-electron chi connectivity index (χ2n) is 7.72. The minimum Gasteiger partial charge on any atom is -0.450 e. The van der Waals surface area contributed by atoms with Crippen LogP contribution in [0.5, 0.6) is 0 Å². The van der Waals surface area contributed by atoms with Gasteiger partial charge < -0.3 is 14.1 Å². The number of benzene rings is 2. The van der Waals surface area contributed by atoms with Crippen LogP contribution < -0.4 is 10.9 Å². The third-order valence-electron chi connectivity index (χ3n) is 5.50. The van der Waals surface area contributed by atoms with Crippen LogP contribution in [0.15, 0.2) is 57.7 Å². The summed E-state index contributed by atoms with van der Waals surface area (Å²) in [5.74, 6) is -0.0150. The van der Waals surface area contributed by atoms with Gasteiger partial charge >= 0.3 is 11.7 Å². The number of halogens is 1. The first kappa shape index (κ1) is 22.8. The van der Waals surface area contributed by atoms with E-state index in [-0.39, 0.29) is 12.5 Å². The monoisotopic (exact) mass is 469 g/mol. The number of carbonyl (C=O) groups is 2. The molecule has 0 aliphatic carbocycles. The highest BCUT2D eigenvalue weighted by molar-refractivity contribution is 6.30. The third kappa shape index (κ3) is 5.53. The summed E-state index contributed by atoms with van der Waals surface area (Å²) < 4.78 is 10.2. The van der Waals surface area contributed by atoms with Crippen LogP contribution in [0.2, 0.25) is 5.02 Å². The Bertz CT molecular complexity index is 1220. The Labute approximate surface area is 195 Å². The number of nitrogens with zero attached hydrogens (tertiary/aromatic N) is 2. The Kier molecular flexibility index (Phi) is 6.96. The fourth-order valence-corrected chi connectivity index (χ4v) is 3.97. The van der Waals surface area contributed by atoms with Gasteiger partial charge in [0.25, 0.3) is 5.91 Å². The minimum atomic E-state index is -0.568. The van der Waals surface area contributed by atoms with E-state index in [0.29, 0.717) is 54.6 Å². The molecule has 0 atom stereocenters. The van der Waals surface area contributed by atoms with E-state index in [0.717, 1.165) is 10.9 Å². The molecule has 33 heavy (non-hydrogen) atoms. The van der Waals surface area contributed by atoms with E-state index in [1.807, 2.05) is 11.0 Å². The molecule has 0 spiro atoms. The second-order valence-corrected chi connectivity index (χ2v) is 8.16. The third-order valence-corrected chi connectivity index (χ3v) is 5.75. The Morgan fingerprint density at radius 1 is 1.06 bits per heavy atom. The van der Waals surface area contributed by atoms with Gasteiger partial charge in [-0.25, -0.2) is 9.59 Å². The van der Waals surface area contributed by atoms with Gasteiger partial charge in [0.05, 0.1) is 6.61 Å². The smallest absolute Gasteiger partial charge is 0.411 e. The van der Waals surface area contributed by atoms with Crippen LogP contribution in [0.3, 0.4) is 0 Å². The summed E-state index contributed by atoms with van der Waals surface area (Å²) in [7, 11) is 0. The summed E-state index contributed by atoms with van der Waals surface area (Å²) in [5, 5.41) is 4.00. The predicted octanol–water partition coefficient (Wildman–Crippen LogP) is 3.97. The van der Waals surface area contributed by atoms with Gasteiger partial charge in [0.15, 0.2) is 0 Å². The lowest BCUT2D eigenvalue weighted by Gasteiger charge is -2.35. The van der Waals surface area contributed by atoms with Crippen molar-refractivity contribution in [2.75, 3.05) is 38.1 Å². The minimum absolute atomic E-state index is 0.0150. The number of fused-ring (bicyclic) bond motifs is 1. The highest BCUT2D eigenvalue weighted by Crippen LogP contribution is 2.23. The summed E-state index contributed by atoms with van der Waals surface area (Å²) in [5.41, 5.74) is 1.87. The molecule has 9 heteroatoms. The van der Waals surface area contributed by atoms with Gasteiger partial charge in [-0.15, -0.1) is 0 Å². The van der Waals surface area contributed by atoms with Gasteiger partial charge in [0.1, 0.15) is 5.58 Å². The lowest BCUT2D eigenvalue weighted by atomic mass is 10.1. The summed E-state index contributed by atoms with van der Waals surface area (Å²) in [6.07, 6.45) is -0.568. The summed E-state index contributed by atoms with van der Waals surface area (Å²) in [6, 6.07) is 13.6. The Morgan fingerprint density at radius 3 is 2.48 bits per heavy atom. The molecule has 0 saturated carbocycles. The zero-order valence-corrected chi connectivity index (χ0v) is 18.9. The fraction of sp³-hybridized carbons (Fsp3) is 0.292. The van der Waals surface area contributed by atoms with Crippen molar-refractivity contribution >= 4 is 40.3 Å². The van der Waals surface area contributed by atoms with Gasteiger partial charge in [0.2, 0.25) is 0 Å². The molecular weight excluding hydrogens is 446 g/mol. The molecule has 2 aromatic carbocycles. The number of hydrogen-bond acceptors (Lipinski definition) is 6. The van der Waals surface area contributed by atoms with Crippen LogP contribution in [-0.4, -0.2) is 54.6 Å². The normalized spacial score (nSPS) is 14.3. The summed E-state index contributed by atoms with van der Waals surface area (Å²) in [6.45, 7) is 5.08. The number of piperazine rings is 1. The molecule has 3 aromatic rings. The van der Waals surface area contributed by atoms with Crippen molar-refractivity contribution in [3.63, 3.8) is 0 Å². The zero-order valence-electron chi connectivity index (χ0n) is 18.2. The van der Waals surface area contributed by atoms with E-state index in [2.05, 4.69) is 10.2 Å². The van der Waals surface area contributed by atoms with Crippen molar-refractivity contribution < 1.29 is 18.7 Å². The van der Waals surface area contributed by atoms with Crippen LogP contribution in [-0.2, 0) is 11.3 Å². The molecule has 1 aliphatic rings. The molecular formula is C24H24ClN3O5. The Hall–Kier alpha value is -3.36. The largest absolute Gasteiger partial charge is 0.450 e. The van der Waals surface area contributed by atoms with E-state index in [4.69, 9.17) is 20.8 Å². The molecule has 1 aliphatic heterocycles. The molecule has 1 N–H and O–H groups in total. The number of amides is 2. The van der Waals surface area contributed by atoms with Gasteiger partial charge in [-0.1, -0.05) is 11.6 Å². The van der Waals surface area contributed by atoms with Crippen LogP contribution >= 0.6 is 11.6 Å². The zero-order chi connectivity index (χ0) is 23.4. The average Bonchev–Trinajstić information content (AvgIpc) is 2.79. The number of ether oxygens (including phenoxy) is 1. The van der Waals surface area contributed by atoms with E-state index in [1.165, 1.54) is 6.07 Å². The molecule has 1 aromatic heterocycles. The SMILES string of the molecule is CCOC(=O)Nc1ccc2c(CN3CCN(C(=O)c4ccc(Cl)cc4)CC3)cc(=O)oc2c1. The average molecular weight is 470 g/mol. The van der Waals surface area contributed by atoms with Crippen LogP contribution in [0, 0.1) is 0 Å². The standard InChI is InChI=1S/C24H24ClN3O5/c1-2-32-24(31)26-19-7-8-20-17(13-22(29)33-21(20)14-19)15-27-9-11-28(12-10-27)23(30)16-3-5-18(25)6-4-16/h3-8,13-14H,2,9-12,15H2,1H3,(H,26,31). The number of anilines is 1. The fourth-order valence-electron chi connectivity index (χ4n) is 3.85. The molecule has 8 nitrogen and oxygen atoms in total. The maximum atomic E-state index is 12.7. The first-order valence-electron chi connectivity index (χ1n) is 10.7. The summed E-state index contributed by atoms with van der Waals surface area (Å²) in [4.78, 5) is 40.5. The van der Waals surface area contributed by atoms with E-state index in [1.54, 1.807) is 43.3 Å². The van der Waals surface area contributed by atoms with E-state index < -0.39 is 11.7 Å². The maximum Gasteiger partial charge on any atom is 0.411 e. The van der Waals surface area contributed by atoms with Gasteiger partial charge in [-0.3, -0.25) is 15.0 Å².